The van der Waals surface area contributed by atoms with E-state index in [1.54, 1.807) is 18.7 Å². The van der Waals surface area contributed by atoms with Gasteiger partial charge in [-0.3, -0.25) is 4.79 Å². The topological polar surface area (TPSA) is 113 Å². The molecular weight excluding hydrogens is 438 g/mol. The number of hydrogen-bond acceptors (Lipinski definition) is 6. The van der Waals surface area contributed by atoms with Gasteiger partial charge in [-0.05, 0) is 60.0 Å². The highest BCUT2D eigenvalue weighted by molar-refractivity contribution is 7.98. The predicted octanol–water partition coefficient (Wildman–Crippen LogP) is 4.09. The fraction of sp³-hybridized carbons (Fsp3) is 0.731. The zero-order valence-electron chi connectivity index (χ0n) is 21.4. The second kappa shape index (κ2) is 13.6. The van der Waals surface area contributed by atoms with Gasteiger partial charge in [0.15, 0.2) is 0 Å². The Labute approximate surface area is 204 Å². The van der Waals surface area contributed by atoms with Gasteiger partial charge in [0.25, 0.3) is 0 Å². The molecule has 0 spiro atoms. The van der Waals surface area contributed by atoms with E-state index in [2.05, 4.69) is 52.8 Å². The van der Waals surface area contributed by atoms with E-state index in [9.17, 15) is 15.0 Å². The van der Waals surface area contributed by atoms with Crippen molar-refractivity contribution in [2.24, 2.45) is 23.5 Å². The van der Waals surface area contributed by atoms with Crippen LogP contribution in [0.15, 0.2) is 18.2 Å². The highest BCUT2D eigenvalue weighted by Gasteiger charge is 2.26. The SMILES string of the molecule is CSCC(O)COc1cc(CC(CC(N)C(O)CC(C)C(=O)O)C(C)C)ccc1C(C)(C)C. The smallest absolute Gasteiger partial charge is 0.306 e. The molecule has 0 bridgehead atoms. The van der Waals surface area contributed by atoms with Gasteiger partial charge in [0.2, 0.25) is 0 Å². The molecule has 1 aromatic carbocycles. The van der Waals surface area contributed by atoms with Gasteiger partial charge < -0.3 is 25.8 Å². The van der Waals surface area contributed by atoms with Gasteiger partial charge in [0.05, 0.1) is 18.1 Å². The monoisotopic (exact) mass is 483 g/mol. The molecule has 0 radical (unpaired) electrons. The summed E-state index contributed by atoms with van der Waals surface area (Å²) in [5, 5.41) is 29.7. The molecule has 5 N–H and O–H groups in total. The van der Waals surface area contributed by atoms with E-state index in [1.807, 2.05) is 6.26 Å². The lowest BCUT2D eigenvalue weighted by molar-refractivity contribution is -0.142. The largest absolute Gasteiger partial charge is 0.491 e. The molecule has 0 aliphatic carbocycles. The van der Waals surface area contributed by atoms with Gasteiger partial charge in [-0.1, -0.05) is 53.7 Å². The highest BCUT2D eigenvalue weighted by atomic mass is 32.2. The molecule has 7 heteroatoms. The third kappa shape index (κ3) is 10.3. The Hall–Kier alpha value is -1.28. The van der Waals surface area contributed by atoms with Crippen LogP contribution in [0.25, 0.3) is 0 Å². The van der Waals surface area contributed by atoms with Crippen LogP contribution >= 0.6 is 11.8 Å². The number of nitrogens with two attached hydrogens (primary N) is 1. The minimum absolute atomic E-state index is 0.0942. The maximum Gasteiger partial charge on any atom is 0.306 e. The first-order valence-corrected chi connectivity index (χ1v) is 13.2. The van der Waals surface area contributed by atoms with Gasteiger partial charge in [-0.25, -0.2) is 0 Å². The molecule has 0 aliphatic heterocycles. The van der Waals surface area contributed by atoms with Crippen molar-refractivity contribution in [2.75, 3.05) is 18.6 Å². The van der Waals surface area contributed by atoms with E-state index >= 15 is 0 Å². The molecule has 0 fully saturated rings. The molecule has 1 aromatic rings. The minimum Gasteiger partial charge on any atom is -0.491 e. The molecule has 0 aliphatic rings. The number of benzene rings is 1. The molecule has 6 nitrogen and oxygen atoms in total. The Kier molecular flexibility index (Phi) is 12.2. The predicted molar refractivity (Wildman–Crippen MR) is 137 cm³/mol. The Morgan fingerprint density at radius 2 is 1.79 bits per heavy atom. The summed E-state index contributed by atoms with van der Waals surface area (Å²) >= 11 is 1.59. The first-order valence-electron chi connectivity index (χ1n) is 11.9. The molecular formula is C26H45NO5S. The fourth-order valence-corrected chi connectivity index (χ4v) is 4.38. The van der Waals surface area contributed by atoms with Crippen LogP contribution in [0.3, 0.4) is 0 Å². The summed E-state index contributed by atoms with van der Waals surface area (Å²) in [6.07, 6.45) is 2.12. The first-order chi connectivity index (χ1) is 15.3. The second-order valence-electron chi connectivity index (χ2n) is 10.7. The lowest BCUT2D eigenvalue weighted by atomic mass is 9.81. The van der Waals surface area contributed by atoms with E-state index in [4.69, 9.17) is 15.6 Å². The number of rotatable bonds is 14. The summed E-state index contributed by atoms with van der Waals surface area (Å²) in [5.41, 5.74) is 8.40. The van der Waals surface area contributed by atoms with Crippen LogP contribution in [0.4, 0.5) is 0 Å². The van der Waals surface area contributed by atoms with Crippen LogP contribution in [0, 0.1) is 17.8 Å². The molecule has 190 valence electrons. The summed E-state index contributed by atoms with van der Waals surface area (Å²) in [4.78, 5) is 11.1. The molecule has 0 heterocycles. The van der Waals surface area contributed by atoms with Crippen LogP contribution < -0.4 is 10.5 Å². The van der Waals surface area contributed by atoms with Crippen molar-refractivity contribution >= 4 is 17.7 Å². The molecule has 0 saturated heterocycles. The van der Waals surface area contributed by atoms with Crippen LogP contribution in [-0.4, -0.2) is 58.2 Å². The van der Waals surface area contributed by atoms with E-state index in [0.717, 1.165) is 23.3 Å². The van der Waals surface area contributed by atoms with Crippen molar-refractivity contribution in [3.05, 3.63) is 29.3 Å². The van der Waals surface area contributed by atoms with Gasteiger partial charge in [-0.2, -0.15) is 11.8 Å². The number of aliphatic carboxylic acids is 1. The van der Waals surface area contributed by atoms with Crippen molar-refractivity contribution in [1.82, 2.24) is 0 Å². The third-order valence-corrected chi connectivity index (χ3v) is 6.89. The summed E-state index contributed by atoms with van der Waals surface area (Å²) in [6.45, 7) is 12.5. The summed E-state index contributed by atoms with van der Waals surface area (Å²) in [7, 11) is 0. The molecule has 1 rings (SSSR count). The van der Waals surface area contributed by atoms with E-state index in [0.29, 0.717) is 18.1 Å². The number of aliphatic hydroxyl groups is 2. The molecule has 5 atom stereocenters. The van der Waals surface area contributed by atoms with Crippen molar-refractivity contribution in [3.8, 4) is 5.75 Å². The number of aliphatic hydroxyl groups excluding tert-OH is 2. The Morgan fingerprint density at radius 1 is 1.15 bits per heavy atom. The lowest BCUT2D eigenvalue weighted by Crippen LogP contribution is -2.39. The van der Waals surface area contributed by atoms with Crippen LogP contribution in [0.1, 0.15) is 65.5 Å². The number of carbonyl (C=O) groups is 1. The molecule has 0 aromatic heterocycles. The van der Waals surface area contributed by atoms with Crippen molar-refractivity contribution in [2.45, 2.75) is 84.5 Å². The Balaban J connectivity index is 3.00. The number of hydrogen-bond donors (Lipinski definition) is 4. The lowest BCUT2D eigenvalue weighted by Gasteiger charge is -2.29. The van der Waals surface area contributed by atoms with Crippen molar-refractivity contribution < 1.29 is 24.9 Å². The number of carboxylic acid groups (broad SMARTS) is 1. The van der Waals surface area contributed by atoms with Crippen LogP contribution in [0.5, 0.6) is 5.75 Å². The molecule has 5 unspecified atom stereocenters. The number of carboxylic acids is 1. The maximum absolute atomic E-state index is 11.1. The Morgan fingerprint density at radius 3 is 2.30 bits per heavy atom. The first kappa shape index (κ1) is 29.8. The quantitative estimate of drug-likeness (QED) is 0.315. The van der Waals surface area contributed by atoms with E-state index in [1.165, 1.54) is 0 Å². The van der Waals surface area contributed by atoms with Crippen LogP contribution in [0.2, 0.25) is 0 Å². The normalized spacial score (nSPS) is 16.8. The average Bonchev–Trinajstić information content (AvgIpc) is 2.70. The average molecular weight is 484 g/mol. The highest BCUT2D eigenvalue weighted by Crippen LogP contribution is 2.34. The number of thioether (sulfide) groups is 1. The third-order valence-electron chi connectivity index (χ3n) is 6.17. The summed E-state index contributed by atoms with van der Waals surface area (Å²) < 4.78 is 6.06. The van der Waals surface area contributed by atoms with Crippen molar-refractivity contribution in [1.29, 1.82) is 0 Å². The molecule has 0 saturated carbocycles. The van der Waals surface area contributed by atoms with E-state index < -0.39 is 30.1 Å². The van der Waals surface area contributed by atoms with Crippen LogP contribution in [-0.2, 0) is 16.6 Å². The second-order valence-corrected chi connectivity index (χ2v) is 11.6. The minimum atomic E-state index is -0.921. The Bertz CT molecular complexity index is 734. The fourth-order valence-electron chi connectivity index (χ4n) is 3.90. The van der Waals surface area contributed by atoms with Gasteiger partial charge in [0.1, 0.15) is 12.4 Å². The van der Waals surface area contributed by atoms with Gasteiger partial charge in [-0.15, -0.1) is 0 Å². The summed E-state index contributed by atoms with van der Waals surface area (Å²) in [6, 6.07) is 5.81. The molecule has 0 amide bonds. The standard InChI is InChI=1S/C26H45NO5S/c1-16(2)19(13-22(27)23(29)10-17(3)25(30)31)11-18-8-9-21(26(4,5)6)24(12-18)32-14-20(28)15-33-7/h8-9,12,16-17,19-20,22-23,28-29H,10-11,13-15,27H2,1-7H3,(H,30,31). The molecule has 33 heavy (non-hydrogen) atoms. The van der Waals surface area contributed by atoms with E-state index in [-0.39, 0.29) is 24.4 Å². The summed E-state index contributed by atoms with van der Waals surface area (Å²) in [5.74, 6) is 0.439. The number of ether oxygens (including phenoxy) is 1. The van der Waals surface area contributed by atoms with Crippen molar-refractivity contribution in [3.63, 3.8) is 0 Å². The van der Waals surface area contributed by atoms with Gasteiger partial charge in [0, 0.05) is 11.8 Å². The maximum atomic E-state index is 11.1. The zero-order chi connectivity index (χ0) is 25.3. The zero-order valence-corrected chi connectivity index (χ0v) is 22.2. The van der Waals surface area contributed by atoms with Gasteiger partial charge >= 0.3 is 5.97 Å².